The van der Waals surface area contributed by atoms with E-state index in [0.717, 1.165) is 0 Å². The van der Waals surface area contributed by atoms with Crippen LogP contribution in [0.1, 0.15) is 20.8 Å². The molecule has 3 rings (SSSR count). The number of imidazole rings is 1. The van der Waals surface area contributed by atoms with Gasteiger partial charge in [-0.3, -0.25) is 14.1 Å². The number of aromatic nitrogens is 4. The normalized spacial score (nSPS) is 15.2. The Hall–Kier alpha value is -3.26. The lowest BCUT2D eigenvalue weighted by Crippen LogP contribution is -2.43. The number of alkyl halides is 3. The smallest absolute Gasteiger partial charge is 0.462 e. The lowest BCUT2D eigenvalue weighted by atomic mass is 10.3. The number of carbonyl (C=O) groups excluding carboxylic acids is 1. The van der Waals surface area contributed by atoms with Gasteiger partial charge in [0.15, 0.2) is 11.5 Å². The van der Waals surface area contributed by atoms with Crippen molar-refractivity contribution in [3.63, 3.8) is 0 Å². The molecule has 0 aliphatic rings. The van der Waals surface area contributed by atoms with Gasteiger partial charge in [0, 0.05) is 0 Å². The fourth-order valence-corrected chi connectivity index (χ4v) is 4.96. The summed E-state index contributed by atoms with van der Waals surface area (Å²) in [5, 5.41) is 2.36. The quantitative estimate of drug-likeness (QED) is 0.233. The number of rotatable bonds is 13. The monoisotopic (exact) mass is 560 g/mol. The maximum atomic E-state index is 13.8. The number of fused-ring (bicyclic) bond motifs is 1. The van der Waals surface area contributed by atoms with Gasteiger partial charge in [-0.25, -0.2) is 20.0 Å². The number of ether oxygens (including phenoxy) is 3. The number of hydrogen-bond donors (Lipinski definition) is 2. The Morgan fingerprint density at radius 2 is 1.87 bits per heavy atom. The first-order valence-electron chi connectivity index (χ1n) is 11.4. The zero-order valence-electron chi connectivity index (χ0n) is 20.8. The minimum absolute atomic E-state index is 0.139. The Bertz CT molecular complexity index is 1260. The first-order valence-corrected chi connectivity index (χ1v) is 13.2. The van der Waals surface area contributed by atoms with Crippen molar-refractivity contribution in [2.24, 2.45) is 0 Å². The van der Waals surface area contributed by atoms with Crippen LogP contribution in [0.4, 0.5) is 19.0 Å². The highest BCUT2D eigenvalue weighted by Gasteiger charge is 2.38. The first-order chi connectivity index (χ1) is 17.8. The van der Waals surface area contributed by atoms with Crippen molar-refractivity contribution in [1.29, 1.82) is 0 Å². The second-order valence-corrected chi connectivity index (χ2v) is 10.5. The molecule has 3 atom stereocenters. The average molecular weight is 560 g/mol. The molecule has 0 amide bonds. The van der Waals surface area contributed by atoms with Gasteiger partial charge in [0.2, 0.25) is 0 Å². The van der Waals surface area contributed by atoms with Crippen molar-refractivity contribution < 1.29 is 41.3 Å². The number of nitrogens with two attached hydrogens (primary N) is 1. The van der Waals surface area contributed by atoms with E-state index in [9.17, 15) is 22.5 Å². The molecule has 0 saturated heterocycles. The molecule has 0 radical (unpaired) electrons. The molecular formula is C22H28F3N6O6P. The van der Waals surface area contributed by atoms with E-state index >= 15 is 0 Å². The molecule has 0 bridgehead atoms. The molecule has 1 aromatic carbocycles. The zero-order valence-corrected chi connectivity index (χ0v) is 21.7. The zero-order chi connectivity index (χ0) is 27.9. The number of nitrogens with zero attached hydrogens (tertiary/aromatic N) is 4. The summed E-state index contributed by atoms with van der Waals surface area (Å²) < 4.78 is 73.9. The number of nitrogen functional groups attached to an aromatic ring is 1. The fraction of sp³-hybridized carbons (Fsp3) is 0.455. The molecule has 2 heterocycles. The molecule has 2 aromatic heterocycles. The van der Waals surface area contributed by atoms with Gasteiger partial charge in [0.25, 0.3) is 0 Å². The van der Waals surface area contributed by atoms with Crippen LogP contribution in [0.2, 0.25) is 0 Å². The number of benzene rings is 1. The Labute approximate surface area is 216 Å². The van der Waals surface area contributed by atoms with Gasteiger partial charge in [0.1, 0.15) is 30.0 Å². The van der Waals surface area contributed by atoms with Crippen LogP contribution < -0.4 is 15.3 Å². The van der Waals surface area contributed by atoms with Crippen molar-refractivity contribution in [2.45, 2.75) is 51.9 Å². The second kappa shape index (κ2) is 12.5. The summed E-state index contributed by atoms with van der Waals surface area (Å²) in [6, 6.07) is 6.12. The summed E-state index contributed by atoms with van der Waals surface area (Å²) in [4.78, 5) is 24.7. The number of nitrogens with one attached hydrogen (secondary N) is 1. The molecule has 3 N–H and O–H groups in total. The minimum atomic E-state index is -5.03. The van der Waals surface area contributed by atoms with Gasteiger partial charge in [-0.2, -0.15) is 0 Å². The molecule has 12 nitrogen and oxygen atoms in total. The maximum Gasteiger partial charge on any atom is 0.522 e. The topological polar surface area (TPSA) is 153 Å². The van der Waals surface area contributed by atoms with E-state index in [1.54, 1.807) is 29.7 Å². The van der Waals surface area contributed by atoms with Gasteiger partial charge in [-0.1, -0.05) is 18.2 Å². The van der Waals surface area contributed by atoms with Gasteiger partial charge in [-0.15, -0.1) is 13.2 Å². The largest absolute Gasteiger partial charge is 0.522 e. The van der Waals surface area contributed by atoms with Crippen molar-refractivity contribution >= 4 is 30.5 Å². The van der Waals surface area contributed by atoms with E-state index in [1.807, 2.05) is 0 Å². The Kier molecular flexibility index (Phi) is 9.66. The summed E-state index contributed by atoms with van der Waals surface area (Å²) in [6.07, 6.45) is -4.12. The van der Waals surface area contributed by atoms with E-state index in [2.05, 4.69) is 24.8 Å². The van der Waals surface area contributed by atoms with Crippen LogP contribution in [0.15, 0.2) is 43.0 Å². The summed E-state index contributed by atoms with van der Waals surface area (Å²) in [7, 11) is -4.17. The van der Waals surface area contributed by atoms with E-state index in [0.29, 0.717) is 11.2 Å². The molecular weight excluding hydrogens is 532 g/mol. The number of para-hydroxylation sites is 1. The van der Waals surface area contributed by atoms with E-state index in [-0.39, 0.29) is 18.1 Å². The standard InChI is InChI=1S/C22H28F3N6O6P/c1-14(2)36-21(32)17(10-35-22(23,24)25)30-38(33,37-16-7-5-4-6-8-16)13-34-15(3)9-31-12-29-18-19(26)27-11-28-20(18)31/h4-8,11-12,14-15,17H,9-10,13H2,1-3H3,(H,30,33)(H2,26,27,28)/t15-,17?,38?/m1/s1. The summed E-state index contributed by atoms with van der Waals surface area (Å²) in [5.41, 5.74) is 6.66. The molecule has 0 spiro atoms. The van der Waals surface area contributed by atoms with Crippen LogP contribution in [0.3, 0.4) is 0 Å². The molecule has 0 fully saturated rings. The molecule has 208 valence electrons. The molecule has 0 aliphatic carbocycles. The third-order valence-corrected chi connectivity index (χ3v) is 6.51. The van der Waals surface area contributed by atoms with Crippen molar-refractivity contribution in [3.05, 3.63) is 43.0 Å². The first kappa shape index (κ1) is 29.3. The molecule has 2 unspecified atom stereocenters. The molecule has 0 saturated carbocycles. The summed E-state index contributed by atoms with van der Waals surface area (Å²) in [6.45, 7) is 3.70. The highest BCUT2D eigenvalue weighted by Crippen LogP contribution is 2.44. The fourth-order valence-electron chi connectivity index (χ4n) is 3.22. The predicted octanol–water partition coefficient (Wildman–Crippen LogP) is 3.49. The third-order valence-electron chi connectivity index (χ3n) is 4.81. The van der Waals surface area contributed by atoms with Gasteiger partial charge in [0.05, 0.1) is 31.7 Å². The number of esters is 1. The van der Waals surface area contributed by atoms with Crippen molar-refractivity contribution in [2.75, 3.05) is 18.7 Å². The van der Waals surface area contributed by atoms with Crippen LogP contribution in [-0.2, 0) is 30.1 Å². The molecule has 16 heteroatoms. The molecule has 38 heavy (non-hydrogen) atoms. The Balaban J connectivity index is 1.78. The summed E-state index contributed by atoms with van der Waals surface area (Å²) in [5.74, 6) is -0.760. The maximum absolute atomic E-state index is 13.8. The number of anilines is 1. The van der Waals surface area contributed by atoms with Crippen LogP contribution in [-0.4, -0.2) is 63.1 Å². The van der Waals surface area contributed by atoms with Gasteiger partial charge >= 0.3 is 19.9 Å². The highest BCUT2D eigenvalue weighted by molar-refractivity contribution is 7.57. The van der Waals surface area contributed by atoms with Crippen LogP contribution >= 0.6 is 7.52 Å². The second-order valence-electron chi connectivity index (χ2n) is 8.44. The SMILES string of the molecule is CC(C)OC(=O)C(COC(F)(F)F)NP(=O)(CO[C@H](C)Cn1cnc2c(N)ncnc21)Oc1ccccc1. The lowest BCUT2D eigenvalue weighted by Gasteiger charge is -2.27. The van der Waals surface area contributed by atoms with E-state index < -0.39 is 51.1 Å². The number of carbonyl (C=O) groups is 1. The van der Waals surface area contributed by atoms with Crippen LogP contribution in [0.5, 0.6) is 5.75 Å². The van der Waals surface area contributed by atoms with Crippen LogP contribution in [0, 0.1) is 0 Å². The molecule has 0 aliphatic heterocycles. The van der Waals surface area contributed by atoms with Crippen molar-refractivity contribution in [3.8, 4) is 5.75 Å². The highest BCUT2D eigenvalue weighted by atomic mass is 31.2. The number of hydrogen-bond acceptors (Lipinski definition) is 10. The lowest BCUT2D eigenvalue weighted by molar-refractivity contribution is -0.325. The van der Waals surface area contributed by atoms with Gasteiger partial charge < -0.3 is 24.3 Å². The average Bonchev–Trinajstić information content (AvgIpc) is 3.24. The molecule has 3 aromatic rings. The Morgan fingerprint density at radius 1 is 1.16 bits per heavy atom. The van der Waals surface area contributed by atoms with Crippen molar-refractivity contribution in [1.82, 2.24) is 24.6 Å². The Morgan fingerprint density at radius 3 is 2.53 bits per heavy atom. The van der Waals surface area contributed by atoms with Gasteiger partial charge in [-0.05, 0) is 32.9 Å². The van der Waals surface area contributed by atoms with Crippen LogP contribution in [0.25, 0.3) is 11.2 Å². The van der Waals surface area contributed by atoms with E-state index in [1.165, 1.54) is 38.6 Å². The van der Waals surface area contributed by atoms with E-state index in [4.69, 9.17) is 19.7 Å². The summed E-state index contributed by atoms with van der Waals surface area (Å²) >= 11 is 0. The third kappa shape index (κ3) is 8.65. The predicted molar refractivity (Wildman–Crippen MR) is 130 cm³/mol. The minimum Gasteiger partial charge on any atom is -0.462 e. The number of halogens is 3.